The zero-order valence-electron chi connectivity index (χ0n) is 4.59. The van der Waals surface area contributed by atoms with Crippen molar-refractivity contribution in [2.45, 2.75) is 18.9 Å². The summed E-state index contributed by atoms with van der Waals surface area (Å²) in [6, 6.07) is 0. The van der Waals surface area contributed by atoms with Gasteiger partial charge in [-0.25, -0.2) is 0 Å². The van der Waals surface area contributed by atoms with Crippen LogP contribution < -0.4 is 5.73 Å². The molecule has 1 saturated heterocycles. The van der Waals surface area contributed by atoms with Crippen molar-refractivity contribution in [3.8, 4) is 0 Å². The predicted molar refractivity (Wildman–Crippen MR) is 28.2 cm³/mol. The van der Waals surface area contributed by atoms with E-state index >= 15 is 0 Å². The van der Waals surface area contributed by atoms with Crippen molar-refractivity contribution >= 4 is 5.91 Å². The molecule has 1 heterocycles. The van der Waals surface area contributed by atoms with Gasteiger partial charge in [0.25, 0.3) is 0 Å². The van der Waals surface area contributed by atoms with E-state index in [2.05, 4.69) is 0 Å². The Morgan fingerprint density at radius 1 is 1.88 bits per heavy atom. The van der Waals surface area contributed by atoms with Gasteiger partial charge in [-0.3, -0.25) is 4.79 Å². The molecule has 1 fully saturated rings. The highest BCUT2D eigenvalue weighted by Crippen LogP contribution is 2.14. The van der Waals surface area contributed by atoms with Crippen LogP contribution in [0.15, 0.2) is 0 Å². The van der Waals surface area contributed by atoms with Crippen LogP contribution in [0, 0.1) is 0 Å². The maximum atomic E-state index is 10.1. The zero-order chi connectivity index (χ0) is 5.98. The number of ether oxygens (including phenoxy) is 1. The molecule has 46 valence electrons. The molecule has 0 bridgehead atoms. The average molecular weight is 115 g/mol. The molecule has 0 aromatic heterocycles. The second kappa shape index (κ2) is 2.13. The van der Waals surface area contributed by atoms with Crippen LogP contribution in [-0.4, -0.2) is 18.6 Å². The Bertz CT molecular complexity index is 98.6. The first-order chi connectivity index (χ1) is 3.79. The highest BCUT2D eigenvalue weighted by molar-refractivity contribution is 5.73. The largest absolute Gasteiger partial charge is 0.373 e. The van der Waals surface area contributed by atoms with Gasteiger partial charge in [0.2, 0.25) is 5.91 Å². The molecule has 1 aliphatic heterocycles. The summed E-state index contributed by atoms with van der Waals surface area (Å²) in [5, 5.41) is 0. The molecule has 1 amide bonds. The van der Waals surface area contributed by atoms with Gasteiger partial charge in [-0.05, 0) is 6.42 Å². The van der Waals surface area contributed by atoms with Crippen molar-refractivity contribution in [2.75, 3.05) is 6.61 Å². The number of hydrogen-bond donors (Lipinski definition) is 1. The Balaban J connectivity index is 1.95. The monoisotopic (exact) mass is 115 g/mol. The lowest BCUT2D eigenvalue weighted by atomic mass is 10.2. The molecule has 0 radical (unpaired) electrons. The van der Waals surface area contributed by atoms with E-state index in [0.717, 1.165) is 13.0 Å². The molecule has 0 aliphatic carbocycles. The van der Waals surface area contributed by atoms with Gasteiger partial charge in [-0.2, -0.15) is 0 Å². The minimum atomic E-state index is -0.236. The van der Waals surface area contributed by atoms with Gasteiger partial charge in [0.1, 0.15) is 0 Å². The van der Waals surface area contributed by atoms with Crippen LogP contribution in [0.5, 0.6) is 0 Å². The Morgan fingerprint density at radius 3 is 2.88 bits per heavy atom. The number of rotatable bonds is 3. The van der Waals surface area contributed by atoms with E-state index in [0.29, 0.717) is 12.5 Å². The standard InChI is InChI=1S/C5H9NO2/c6-5(7)2-1-4-3-8-4/h4H,1-3H2,(H2,6,7)/t4-/m0/s1. The average Bonchev–Trinajstić information content (AvgIpc) is 2.41. The van der Waals surface area contributed by atoms with Gasteiger partial charge in [0, 0.05) is 6.42 Å². The smallest absolute Gasteiger partial charge is 0.217 e. The molecule has 0 saturated carbocycles. The lowest BCUT2D eigenvalue weighted by Crippen LogP contribution is -2.10. The first-order valence-corrected chi connectivity index (χ1v) is 2.69. The van der Waals surface area contributed by atoms with Crippen LogP contribution in [0.1, 0.15) is 12.8 Å². The van der Waals surface area contributed by atoms with E-state index in [4.69, 9.17) is 10.5 Å². The molecule has 0 unspecified atom stereocenters. The summed E-state index contributed by atoms with van der Waals surface area (Å²) >= 11 is 0. The lowest BCUT2D eigenvalue weighted by molar-refractivity contribution is -0.118. The van der Waals surface area contributed by atoms with Gasteiger partial charge < -0.3 is 10.5 Å². The normalized spacial score (nSPS) is 25.2. The Labute approximate surface area is 47.8 Å². The molecule has 0 aromatic carbocycles. The molecule has 1 atom stereocenters. The van der Waals surface area contributed by atoms with Crippen LogP contribution in [0.4, 0.5) is 0 Å². The molecular weight excluding hydrogens is 106 g/mol. The van der Waals surface area contributed by atoms with Crippen LogP contribution >= 0.6 is 0 Å². The number of carbonyl (C=O) groups is 1. The van der Waals surface area contributed by atoms with Crippen molar-refractivity contribution in [3.05, 3.63) is 0 Å². The summed E-state index contributed by atoms with van der Waals surface area (Å²) in [6.45, 7) is 0.813. The lowest BCUT2D eigenvalue weighted by Gasteiger charge is -1.87. The van der Waals surface area contributed by atoms with Crippen LogP contribution in [0.25, 0.3) is 0 Å². The predicted octanol–water partition coefficient (Wildman–Crippen LogP) is -0.349. The van der Waals surface area contributed by atoms with E-state index in [1.54, 1.807) is 0 Å². The molecule has 3 nitrogen and oxygen atoms in total. The van der Waals surface area contributed by atoms with E-state index < -0.39 is 0 Å². The van der Waals surface area contributed by atoms with E-state index in [9.17, 15) is 4.79 Å². The summed E-state index contributed by atoms with van der Waals surface area (Å²) in [7, 11) is 0. The van der Waals surface area contributed by atoms with Gasteiger partial charge in [0.15, 0.2) is 0 Å². The Kier molecular flexibility index (Phi) is 1.48. The van der Waals surface area contributed by atoms with Gasteiger partial charge in [0.05, 0.1) is 12.7 Å². The number of hydrogen-bond acceptors (Lipinski definition) is 2. The molecule has 0 aromatic rings. The van der Waals surface area contributed by atoms with E-state index in [1.165, 1.54) is 0 Å². The van der Waals surface area contributed by atoms with Gasteiger partial charge in [-0.15, -0.1) is 0 Å². The van der Waals surface area contributed by atoms with Crippen molar-refractivity contribution in [1.29, 1.82) is 0 Å². The van der Waals surface area contributed by atoms with Crippen LogP contribution in [0.2, 0.25) is 0 Å². The number of epoxide rings is 1. The van der Waals surface area contributed by atoms with Crippen LogP contribution in [0.3, 0.4) is 0 Å². The van der Waals surface area contributed by atoms with Crippen molar-refractivity contribution in [1.82, 2.24) is 0 Å². The molecule has 1 aliphatic rings. The maximum Gasteiger partial charge on any atom is 0.217 e. The summed E-state index contributed by atoms with van der Waals surface area (Å²) in [4.78, 5) is 10.1. The number of amides is 1. The first-order valence-electron chi connectivity index (χ1n) is 2.69. The van der Waals surface area contributed by atoms with Gasteiger partial charge in [-0.1, -0.05) is 0 Å². The number of nitrogens with two attached hydrogens (primary N) is 1. The second-order valence-corrected chi connectivity index (χ2v) is 1.96. The summed E-state index contributed by atoms with van der Waals surface area (Å²) in [5.74, 6) is -0.236. The van der Waals surface area contributed by atoms with E-state index in [1.807, 2.05) is 0 Å². The fourth-order valence-corrected chi connectivity index (χ4v) is 0.538. The third kappa shape index (κ3) is 1.93. The highest BCUT2D eigenvalue weighted by Gasteiger charge is 2.21. The number of primary amides is 1. The fraction of sp³-hybridized carbons (Fsp3) is 0.800. The first kappa shape index (κ1) is 5.56. The second-order valence-electron chi connectivity index (χ2n) is 1.96. The third-order valence-electron chi connectivity index (χ3n) is 1.12. The topological polar surface area (TPSA) is 55.6 Å². The van der Waals surface area contributed by atoms with E-state index in [-0.39, 0.29) is 5.91 Å². The molecular formula is C5H9NO2. The quantitative estimate of drug-likeness (QED) is 0.511. The van der Waals surface area contributed by atoms with Crippen molar-refractivity contribution in [3.63, 3.8) is 0 Å². The van der Waals surface area contributed by atoms with Crippen molar-refractivity contribution < 1.29 is 9.53 Å². The fourth-order valence-electron chi connectivity index (χ4n) is 0.538. The van der Waals surface area contributed by atoms with Gasteiger partial charge >= 0.3 is 0 Å². The SMILES string of the molecule is NC(=O)CC[C@H]1CO1. The summed E-state index contributed by atoms with van der Waals surface area (Å²) in [5.41, 5.74) is 4.87. The van der Waals surface area contributed by atoms with Crippen LogP contribution in [-0.2, 0) is 9.53 Å². The Morgan fingerprint density at radius 2 is 2.50 bits per heavy atom. The Hall–Kier alpha value is -0.570. The highest BCUT2D eigenvalue weighted by atomic mass is 16.6. The molecule has 2 N–H and O–H groups in total. The minimum absolute atomic E-state index is 0.236. The number of carbonyl (C=O) groups excluding carboxylic acids is 1. The molecule has 1 rings (SSSR count). The minimum Gasteiger partial charge on any atom is -0.373 e. The maximum absolute atomic E-state index is 10.1. The summed E-state index contributed by atoms with van der Waals surface area (Å²) < 4.78 is 4.85. The molecule has 8 heavy (non-hydrogen) atoms. The molecule has 3 heteroatoms. The zero-order valence-corrected chi connectivity index (χ0v) is 4.59. The molecule has 0 spiro atoms. The van der Waals surface area contributed by atoms with Crippen molar-refractivity contribution in [2.24, 2.45) is 5.73 Å². The summed E-state index contributed by atoms with van der Waals surface area (Å²) in [6.07, 6.45) is 1.60. The third-order valence-corrected chi connectivity index (χ3v) is 1.12.